The monoisotopic (exact) mass is 294 g/mol. The highest BCUT2D eigenvalue weighted by molar-refractivity contribution is 9.09. The second-order valence-electron chi connectivity index (χ2n) is 3.56. The van der Waals surface area contributed by atoms with Crippen LogP contribution in [0.4, 0.5) is 0 Å². The van der Waals surface area contributed by atoms with Gasteiger partial charge in [-0.05, 0) is 19.8 Å². The van der Waals surface area contributed by atoms with Gasteiger partial charge in [0.15, 0.2) is 0 Å². The summed E-state index contributed by atoms with van der Waals surface area (Å²) >= 11 is 9.70. The SMILES string of the molecule is COCC(Br)CCc1c(Cl)c(C)nn1C. The van der Waals surface area contributed by atoms with Gasteiger partial charge in [0.2, 0.25) is 0 Å². The summed E-state index contributed by atoms with van der Waals surface area (Å²) in [5.41, 5.74) is 1.99. The summed E-state index contributed by atoms with van der Waals surface area (Å²) in [6.45, 7) is 2.64. The van der Waals surface area contributed by atoms with Crippen molar-refractivity contribution in [2.45, 2.75) is 24.6 Å². The fourth-order valence-corrected chi connectivity index (χ4v) is 2.26. The predicted molar refractivity (Wildman–Crippen MR) is 65.9 cm³/mol. The smallest absolute Gasteiger partial charge is 0.0846 e. The van der Waals surface area contributed by atoms with E-state index in [0.717, 1.165) is 29.3 Å². The molecule has 0 radical (unpaired) electrons. The largest absolute Gasteiger partial charge is 0.384 e. The van der Waals surface area contributed by atoms with Gasteiger partial charge >= 0.3 is 0 Å². The highest BCUT2D eigenvalue weighted by Gasteiger charge is 2.12. The Morgan fingerprint density at radius 3 is 2.73 bits per heavy atom. The number of methoxy groups -OCH3 is 1. The Kier molecular flexibility index (Phi) is 5.09. The van der Waals surface area contributed by atoms with Crippen molar-refractivity contribution in [3.63, 3.8) is 0 Å². The fourth-order valence-electron chi connectivity index (χ4n) is 1.51. The average Bonchev–Trinajstić information content (AvgIpc) is 2.40. The minimum absolute atomic E-state index is 0.369. The standard InChI is InChI=1S/C10H16BrClN2O/c1-7-10(12)9(14(2)13-7)5-4-8(11)6-15-3/h8H,4-6H2,1-3H3. The van der Waals surface area contributed by atoms with Crippen LogP contribution in [0.2, 0.25) is 5.02 Å². The molecule has 86 valence electrons. The molecular weight excluding hydrogens is 279 g/mol. The number of alkyl halides is 1. The van der Waals surface area contributed by atoms with Crippen molar-refractivity contribution < 1.29 is 4.74 Å². The number of hydrogen-bond donors (Lipinski definition) is 0. The van der Waals surface area contributed by atoms with Crippen LogP contribution in [0, 0.1) is 6.92 Å². The van der Waals surface area contributed by atoms with Crippen LogP contribution in [0.5, 0.6) is 0 Å². The lowest BCUT2D eigenvalue weighted by molar-refractivity contribution is 0.198. The Labute approximate surface area is 104 Å². The lowest BCUT2D eigenvalue weighted by atomic mass is 10.2. The molecule has 0 bridgehead atoms. The Hall–Kier alpha value is -0.0600. The molecule has 1 atom stereocenters. The van der Waals surface area contributed by atoms with E-state index in [4.69, 9.17) is 16.3 Å². The van der Waals surface area contributed by atoms with Crippen molar-refractivity contribution in [2.75, 3.05) is 13.7 Å². The molecule has 1 aromatic rings. The van der Waals surface area contributed by atoms with Gasteiger partial charge < -0.3 is 4.74 Å². The maximum absolute atomic E-state index is 6.14. The van der Waals surface area contributed by atoms with Crippen LogP contribution >= 0.6 is 27.5 Å². The average molecular weight is 296 g/mol. The van der Waals surface area contributed by atoms with E-state index in [1.807, 2.05) is 18.7 Å². The number of hydrogen-bond acceptors (Lipinski definition) is 2. The summed E-state index contributed by atoms with van der Waals surface area (Å²) in [5, 5.41) is 5.06. The zero-order valence-electron chi connectivity index (χ0n) is 9.26. The van der Waals surface area contributed by atoms with E-state index in [1.165, 1.54) is 0 Å². The van der Waals surface area contributed by atoms with Gasteiger partial charge in [-0.1, -0.05) is 27.5 Å². The first-order valence-corrected chi connectivity index (χ1v) is 6.16. The molecule has 0 saturated heterocycles. The van der Waals surface area contributed by atoms with Gasteiger partial charge in [0.1, 0.15) is 0 Å². The second-order valence-corrected chi connectivity index (χ2v) is 5.23. The molecule has 0 amide bonds. The van der Waals surface area contributed by atoms with Crippen molar-refractivity contribution in [3.05, 3.63) is 16.4 Å². The first kappa shape index (κ1) is 13.0. The summed E-state index contributed by atoms with van der Waals surface area (Å²) in [5.74, 6) is 0. The van der Waals surface area contributed by atoms with Gasteiger partial charge in [0, 0.05) is 19.0 Å². The van der Waals surface area contributed by atoms with Gasteiger partial charge in [-0.15, -0.1) is 0 Å². The molecule has 0 N–H and O–H groups in total. The molecule has 1 aromatic heterocycles. The van der Waals surface area contributed by atoms with Crippen LogP contribution in [0.3, 0.4) is 0 Å². The highest BCUT2D eigenvalue weighted by atomic mass is 79.9. The maximum Gasteiger partial charge on any atom is 0.0846 e. The third-order valence-corrected chi connectivity index (χ3v) is 3.52. The van der Waals surface area contributed by atoms with Crippen LogP contribution in [0.1, 0.15) is 17.8 Å². The maximum atomic E-state index is 6.14. The number of aromatic nitrogens is 2. The summed E-state index contributed by atoms with van der Waals surface area (Å²) in [7, 11) is 3.63. The molecule has 1 unspecified atom stereocenters. The van der Waals surface area contributed by atoms with Crippen molar-refractivity contribution in [2.24, 2.45) is 7.05 Å². The van der Waals surface area contributed by atoms with Crippen LogP contribution in [0.25, 0.3) is 0 Å². The predicted octanol–water partition coefficient (Wildman–Crippen LogP) is 2.72. The number of ether oxygens (including phenoxy) is 1. The first-order valence-electron chi connectivity index (χ1n) is 4.87. The normalized spacial score (nSPS) is 13.1. The quantitative estimate of drug-likeness (QED) is 0.781. The van der Waals surface area contributed by atoms with Crippen molar-refractivity contribution in [3.8, 4) is 0 Å². The summed E-state index contributed by atoms with van der Waals surface area (Å²) in [4.78, 5) is 0.369. The molecule has 0 saturated carbocycles. The van der Waals surface area contributed by atoms with Crippen molar-refractivity contribution >= 4 is 27.5 Å². The van der Waals surface area contributed by atoms with E-state index >= 15 is 0 Å². The van der Waals surface area contributed by atoms with Crippen LogP contribution in [-0.2, 0) is 18.2 Å². The first-order chi connectivity index (χ1) is 7.06. The van der Waals surface area contributed by atoms with Crippen LogP contribution in [-0.4, -0.2) is 28.3 Å². The molecule has 0 aliphatic heterocycles. The van der Waals surface area contributed by atoms with Crippen molar-refractivity contribution in [1.29, 1.82) is 0 Å². The lowest BCUT2D eigenvalue weighted by Crippen LogP contribution is -2.09. The lowest BCUT2D eigenvalue weighted by Gasteiger charge is -2.08. The van der Waals surface area contributed by atoms with E-state index in [1.54, 1.807) is 7.11 Å². The molecule has 1 rings (SSSR count). The van der Waals surface area contributed by atoms with E-state index in [0.29, 0.717) is 11.4 Å². The molecule has 0 aromatic carbocycles. The number of halogens is 2. The molecule has 0 aliphatic rings. The van der Waals surface area contributed by atoms with Gasteiger partial charge in [-0.25, -0.2) is 0 Å². The van der Waals surface area contributed by atoms with Crippen LogP contribution in [0.15, 0.2) is 0 Å². The zero-order chi connectivity index (χ0) is 11.4. The van der Waals surface area contributed by atoms with E-state index in [9.17, 15) is 0 Å². The number of nitrogens with zero attached hydrogens (tertiary/aromatic N) is 2. The van der Waals surface area contributed by atoms with Gasteiger partial charge in [-0.2, -0.15) is 5.10 Å². The van der Waals surface area contributed by atoms with E-state index < -0.39 is 0 Å². The Morgan fingerprint density at radius 2 is 2.27 bits per heavy atom. The topological polar surface area (TPSA) is 27.1 Å². The molecular formula is C10H16BrClN2O. The van der Waals surface area contributed by atoms with Crippen molar-refractivity contribution in [1.82, 2.24) is 9.78 Å². The fraction of sp³-hybridized carbons (Fsp3) is 0.700. The number of aryl methyl sites for hydroxylation is 2. The third kappa shape index (κ3) is 3.47. The highest BCUT2D eigenvalue weighted by Crippen LogP contribution is 2.22. The van der Waals surface area contributed by atoms with Gasteiger partial charge in [-0.3, -0.25) is 4.68 Å². The summed E-state index contributed by atoms with van der Waals surface area (Å²) < 4.78 is 6.91. The third-order valence-electron chi connectivity index (χ3n) is 2.30. The minimum Gasteiger partial charge on any atom is -0.384 e. The molecule has 5 heteroatoms. The Balaban J connectivity index is 2.57. The Morgan fingerprint density at radius 1 is 1.60 bits per heavy atom. The molecule has 0 aliphatic carbocycles. The summed E-state index contributed by atoms with van der Waals surface area (Å²) in [6.07, 6.45) is 1.90. The van der Waals surface area contributed by atoms with Crippen LogP contribution < -0.4 is 0 Å². The molecule has 1 heterocycles. The zero-order valence-corrected chi connectivity index (χ0v) is 11.6. The van der Waals surface area contributed by atoms with Gasteiger partial charge in [0.25, 0.3) is 0 Å². The Bertz CT molecular complexity index is 327. The van der Waals surface area contributed by atoms with E-state index in [2.05, 4.69) is 21.0 Å². The number of rotatable bonds is 5. The molecule has 0 fully saturated rings. The van der Waals surface area contributed by atoms with Gasteiger partial charge in [0.05, 0.1) is 23.0 Å². The minimum atomic E-state index is 0.369. The molecule has 0 spiro atoms. The molecule has 3 nitrogen and oxygen atoms in total. The summed E-state index contributed by atoms with van der Waals surface area (Å²) in [6, 6.07) is 0. The molecule has 15 heavy (non-hydrogen) atoms. The second kappa shape index (κ2) is 5.87. The van der Waals surface area contributed by atoms with E-state index in [-0.39, 0.29) is 0 Å².